The zero-order valence-corrected chi connectivity index (χ0v) is 13.9. The van der Waals surface area contributed by atoms with Crippen LogP contribution in [0.3, 0.4) is 0 Å². The van der Waals surface area contributed by atoms with Crippen LogP contribution in [0.25, 0.3) is 0 Å². The molecule has 1 amide bonds. The first kappa shape index (κ1) is 20.0. The summed E-state index contributed by atoms with van der Waals surface area (Å²) in [6.07, 6.45) is 3.66. The molecule has 0 spiro atoms. The third-order valence-electron chi connectivity index (χ3n) is 3.01. The summed E-state index contributed by atoms with van der Waals surface area (Å²) in [4.78, 5) is 25.2. The van der Waals surface area contributed by atoms with Crippen molar-refractivity contribution in [2.24, 2.45) is 5.92 Å². The molecular weight excluding hydrogens is 282 g/mol. The predicted octanol–water partition coefficient (Wildman–Crippen LogP) is 2.13. The van der Waals surface area contributed by atoms with Crippen molar-refractivity contribution in [3.63, 3.8) is 0 Å². The van der Waals surface area contributed by atoms with Crippen molar-refractivity contribution in [1.29, 1.82) is 5.26 Å². The highest BCUT2D eigenvalue weighted by molar-refractivity contribution is 5.99. The van der Waals surface area contributed by atoms with Gasteiger partial charge in [-0.05, 0) is 25.2 Å². The van der Waals surface area contributed by atoms with Gasteiger partial charge in [0.15, 0.2) is 0 Å². The Kier molecular flexibility index (Phi) is 9.68. The molecule has 0 aromatic heterocycles. The van der Waals surface area contributed by atoms with E-state index in [1.54, 1.807) is 0 Å². The van der Waals surface area contributed by atoms with Crippen LogP contribution in [0.1, 0.15) is 47.0 Å². The highest BCUT2D eigenvalue weighted by Gasteiger charge is 2.23. The van der Waals surface area contributed by atoms with E-state index < -0.39 is 17.9 Å². The van der Waals surface area contributed by atoms with Gasteiger partial charge in [-0.15, -0.1) is 0 Å². The zero-order chi connectivity index (χ0) is 17.1. The lowest BCUT2D eigenvalue weighted by Gasteiger charge is -2.20. The molecule has 0 rings (SSSR count). The standard InChI is InChI=1S/C16H27N3O3/c1-5-7-19(8-6-2)11-13(10-17)15(20)18-14(16(21)22)9-12(3)4/h11-12,14H,5-9H2,1-4H3,(H,18,20)(H,21,22)/b13-11-. The van der Waals surface area contributed by atoms with Crippen molar-refractivity contribution < 1.29 is 14.7 Å². The average Bonchev–Trinajstić information content (AvgIpc) is 2.43. The maximum atomic E-state index is 12.1. The molecule has 0 bridgehead atoms. The second kappa shape index (κ2) is 10.7. The zero-order valence-electron chi connectivity index (χ0n) is 13.9. The summed E-state index contributed by atoms with van der Waals surface area (Å²) in [5, 5.41) is 20.7. The van der Waals surface area contributed by atoms with Crippen molar-refractivity contribution in [1.82, 2.24) is 10.2 Å². The Balaban J connectivity index is 5.02. The Morgan fingerprint density at radius 2 is 1.82 bits per heavy atom. The number of carboxylic acid groups (broad SMARTS) is 1. The van der Waals surface area contributed by atoms with Crippen LogP contribution in [0.15, 0.2) is 11.8 Å². The highest BCUT2D eigenvalue weighted by Crippen LogP contribution is 2.07. The van der Waals surface area contributed by atoms with Crippen LogP contribution in [0.5, 0.6) is 0 Å². The molecular formula is C16H27N3O3. The molecule has 0 saturated carbocycles. The van der Waals surface area contributed by atoms with E-state index in [0.717, 1.165) is 25.9 Å². The van der Waals surface area contributed by atoms with Crippen LogP contribution < -0.4 is 5.32 Å². The molecule has 124 valence electrons. The van der Waals surface area contributed by atoms with E-state index in [4.69, 9.17) is 10.4 Å². The van der Waals surface area contributed by atoms with E-state index in [-0.39, 0.29) is 11.5 Å². The molecule has 0 aliphatic rings. The number of carbonyl (C=O) groups is 2. The number of aliphatic carboxylic acids is 1. The molecule has 6 nitrogen and oxygen atoms in total. The molecule has 0 aliphatic carbocycles. The van der Waals surface area contributed by atoms with Gasteiger partial charge in [0.05, 0.1) is 0 Å². The summed E-state index contributed by atoms with van der Waals surface area (Å²) >= 11 is 0. The minimum Gasteiger partial charge on any atom is -0.480 e. The number of hydrogen-bond donors (Lipinski definition) is 2. The van der Waals surface area contributed by atoms with Crippen LogP contribution in [0.2, 0.25) is 0 Å². The topological polar surface area (TPSA) is 93.4 Å². The molecule has 0 radical (unpaired) electrons. The summed E-state index contributed by atoms with van der Waals surface area (Å²) < 4.78 is 0. The van der Waals surface area contributed by atoms with Crippen LogP contribution >= 0.6 is 0 Å². The quantitative estimate of drug-likeness (QED) is 0.476. The smallest absolute Gasteiger partial charge is 0.326 e. The monoisotopic (exact) mass is 309 g/mol. The van der Waals surface area contributed by atoms with Gasteiger partial charge in [0, 0.05) is 19.3 Å². The van der Waals surface area contributed by atoms with Crippen molar-refractivity contribution in [2.75, 3.05) is 13.1 Å². The minimum atomic E-state index is -1.08. The van der Waals surface area contributed by atoms with Crippen molar-refractivity contribution >= 4 is 11.9 Å². The lowest BCUT2D eigenvalue weighted by molar-refractivity contribution is -0.141. The number of nitrogens with zero attached hydrogens (tertiary/aromatic N) is 2. The number of rotatable bonds is 10. The molecule has 0 aromatic rings. The van der Waals surface area contributed by atoms with E-state index >= 15 is 0 Å². The van der Waals surface area contributed by atoms with Gasteiger partial charge in [-0.25, -0.2) is 4.79 Å². The van der Waals surface area contributed by atoms with Gasteiger partial charge < -0.3 is 15.3 Å². The van der Waals surface area contributed by atoms with Gasteiger partial charge in [-0.3, -0.25) is 4.79 Å². The molecule has 6 heteroatoms. The molecule has 2 N–H and O–H groups in total. The number of nitrogens with one attached hydrogen (secondary N) is 1. The third kappa shape index (κ3) is 7.67. The lowest BCUT2D eigenvalue weighted by atomic mass is 10.0. The summed E-state index contributed by atoms with van der Waals surface area (Å²) in [6.45, 7) is 9.31. The minimum absolute atomic E-state index is 0.0584. The SMILES string of the molecule is CCCN(/C=C(/C#N)C(=O)NC(CC(C)C)C(=O)O)CCC. The first-order valence-corrected chi connectivity index (χ1v) is 7.75. The Hall–Kier alpha value is -2.03. The fraction of sp³-hybridized carbons (Fsp3) is 0.688. The second-order valence-corrected chi connectivity index (χ2v) is 5.68. The van der Waals surface area contributed by atoms with E-state index in [1.165, 1.54) is 6.20 Å². The molecule has 22 heavy (non-hydrogen) atoms. The van der Waals surface area contributed by atoms with Gasteiger partial charge >= 0.3 is 5.97 Å². The van der Waals surface area contributed by atoms with Crippen molar-refractivity contribution in [2.45, 2.75) is 53.0 Å². The van der Waals surface area contributed by atoms with Gasteiger partial charge in [-0.2, -0.15) is 5.26 Å². The maximum absolute atomic E-state index is 12.1. The number of nitriles is 1. The van der Waals surface area contributed by atoms with Gasteiger partial charge in [-0.1, -0.05) is 27.7 Å². The molecule has 0 heterocycles. The molecule has 0 aliphatic heterocycles. The summed E-state index contributed by atoms with van der Waals surface area (Å²) in [7, 11) is 0. The molecule has 1 unspecified atom stereocenters. The van der Waals surface area contributed by atoms with Crippen molar-refractivity contribution in [3.8, 4) is 6.07 Å². The summed E-state index contributed by atoms with van der Waals surface area (Å²) in [5.74, 6) is -1.58. The Morgan fingerprint density at radius 3 is 2.18 bits per heavy atom. The number of carbonyl (C=O) groups excluding carboxylic acids is 1. The normalized spacial score (nSPS) is 12.6. The lowest BCUT2D eigenvalue weighted by Crippen LogP contribution is -2.42. The number of hydrogen-bond acceptors (Lipinski definition) is 4. The molecule has 0 aromatic carbocycles. The van der Waals surface area contributed by atoms with Gasteiger partial charge in [0.2, 0.25) is 0 Å². The van der Waals surface area contributed by atoms with Gasteiger partial charge in [0.25, 0.3) is 5.91 Å². The molecule has 0 saturated heterocycles. The van der Waals surface area contributed by atoms with Crippen LogP contribution in [-0.4, -0.2) is 41.0 Å². The first-order valence-electron chi connectivity index (χ1n) is 7.75. The van der Waals surface area contributed by atoms with Crippen LogP contribution in [-0.2, 0) is 9.59 Å². The fourth-order valence-corrected chi connectivity index (χ4v) is 2.07. The fourth-order valence-electron chi connectivity index (χ4n) is 2.07. The largest absolute Gasteiger partial charge is 0.480 e. The first-order chi connectivity index (χ1) is 10.3. The number of amides is 1. The second-order valence-electron chi connectivity index (χ2n) is 5.68. The van der Waals surface area contributed by atoms with Crippen LogP contribution in [0.4, 0.5) is 0 Å². The summed E-state index contributed by atoms with van der Waals surface area (Å²) in [5.41, 5.74) is -0.0584. The Bertz CT molecular complexity index is 432. The predicted molar refractivity (Wildman–Crippen MR) is 84.9 cm³/mol. The van der Waals surface area contributed by atoms with Crippen LogP contribution in [0, 0.1) is 17.2 Å². The van der Waals surface area contributed by atoms with E-state index in [0.29, 0.717) is 6.42 Å². The number of carboxylic acids is 1. The van der Waals surface area contributed by atoms with E-state index in [9.17, 15) is 9.59 Å². The summed E-state index contributed by atoms with van der Waals surface area (Å²) in [6, 6.07) is 0.884. The maximum Gasteiger partial charge on any atom is 0.326 e. The van der Waals surface area contributed by atoms with Gasteiger partial charge in [0.1, 0.15) is 17.7 Å². The Labute approximate surface area is 132 Å². The average molecular weight is 309 g/mol. The molecule has 0 fully saturated rings. The Morgan fingerprint density at radius 1 is 1.27 bits per heavy atom. The molecule has 1 atom stereocenters. The van der Waals surface area contributed by atoms with E-state index in [2.05, 4.69) is 5.32 Å². The highest BCUT2D eigenvalue weighted by atomic mass is 16.4. The van der Waals surface area contributed by atoms with Crippen molar-refractivity contribution in [3.05, 3.63) is 11.8 Å². The van der Waals surface area contributed by atoms with E-state index in [1.807, 2.05) is 38.7 Å². The third-order valence-corrected chi connectivity index (χ3v) is 3.01.